The number of benzene rings is 3. The summed E-state index contributed by atoms with van der Waals surface area (Å²) in [6.07, 6.45) is 0.110. The third-order valence-corrected chi connectivity index (χ3v) is 4.57. The maximum absolute atomic E-state index is 12.2. The van der Waals surface area contributed by atoms with Gasteiger partial charge in [0, 0.05) is 0 Å². The molecule has 3 aromatic carbocycles. The predicted octanol–water partition coefficient (Wildman–Crippen LogP) is 4.83. The Balaban J connectivity index is 1.60. The van der Waals surface area contributed by atoms with Crippen molar-refractivity contribution in [3.05, 3.63) is 76.3 Å². The molecule has 0 fully saturated rings. The summed E-state index contributed by atoms with van der Waals surface area (Å²) >= 11 is 6.18. The van der Waals surface area contributed by atoms with Gasteiger partial charge >= 0.3 is 5.97 Å². The van der Waals surface area contributed by atoms with Crippen LogP contribution < -0.4 is 5.32 Å². The Kier molecular flexibility index (Phi) is 5.77. The number of rotatable bonds is 5. The minimum Gasteiger partial charge on any atom is -0.455 e. The van der Waals surface area contributed by atoms with Crippen LogP contribution in [0.25, 0.3) is 10.8 Å². The molecule has 5 heteroatoms. The molecule has 3 aromatic rings. The van der Waals surface area contributed by atoms with Crippen molar-refractivity contribution in [3.63, 3.8) is 0 Å². The van der Waals surface area contributed by atoms with Crippen LogP contribution in [0.3, 0.4) is 0 Å². The summed E-state index contributed by atoms with van der Waals surface area (Å²) in [5.74, 6) is -0.872. The SMILES string of the molecule is Cc1cc(C)c(NC(=O)COC(=O)Cc2cccc3ccccc23)c(Cl)c1. The average molecular weight is 382 g/mol. The third kappa shape index (κ3) is 4.66. The van der Waals surface area contributed by atoms with Gasteiger partial charge in [-0.2, -0.15) is 0 Å². The molecule has 1 amide bonds. The van der Waals surface area contributed by atoms with E-state index >= 15 is 0 Å². The number of carbonyl (C=O) groups is 2. The average Bonchev–Trinajstić information content (AvgIpc) is 2.63. The van der Waals surface area contributed by atoms with Crippen molar-refractivity contribution in [2.24, 2.45) is 0 Å². The van der Waals surface area contributed by atoms with Gasteiger partial charge in [0.15, 0.2) is 6.61 Å². The summed E-state index contributed by atoms with van der Waals surface area (Å²) in [6, 6.07) is 17.3. The van der Waals surface area contributed by atoms with Crippen LogP contribution in [0, 0.1) is 13.8 Å². The second kappa shape index (κ2) is 8.23. The van der Waals surface area contributed by atoms with Gasteiger partial charge in [0.25, 0.3) is 5.91 Å². The fourth-order valence-electron chi connectivity index (χ4n) is 3.05. The summed E-state index contributed by atoms with van der Waals surface area (Å²) in [4.78, 5) is 24.3. The second-order valence-corrected chi connectivity index (χ2v) is 6.87. The molecular formula is C22H20ClNO3. The Morgan fingerprint density at radius 1 is 1.04 bits per heavy atom. The number of fused-ring (bicyclic) bond motifs is 1. The fourth-order valence-corrected chi connectivity index (χ4v) is 3.42. The molecule has 0 unspecified atom stereocenters. The molecule has 0 aromatic heterocycles. The monoisotopic (exact) mass is 381 g/mol. The summed E-state index contributed by atoms with van der Waals surface area (Å²) in [5, 5.41) is 5.23. The van der Waals surface area contributed by atoms with E-state index in [1.54, 1.807) is 6.07 Å². The molecular weight excluding hydrogens is 362 g/mol. The molecule has 0 heterocycles. The van der Waals surface area contributed by atoms with E-state index in [0.717, 1.165) is 27.5 Å². The Morgan fingerprint density at radius 3 is 2.56 bits per heavy atom. The van der Waals surface area contributed by atoms with Crippen LogP contribution in [0.15, 0.2) is 54.6 Å². The molecule has 138 valence electrons. The largest absolute Gasteiger partial charge is 0.455 e. The highest BCUT2D eigenvalue weighted by molar-refractivity contribution is 6.34. The molecule has 0 spiro atoms. The number of carbonyl (C=O) groups excluding carboxylic acids is 2. The lowest BCUT2D eigenvalue weighted by molar-refractivity contribution is -0.146. The second-order valence-electron chi connectivity index (χ2n) is 6.46. The molecule has 0 saturated heterocycles. The first-order valence-electron chi connectivity index (χ1n) is 8.63. The quantitative estimate of drug-likeness (QED) is 0.644. The van der Waals surface area contributed by atoms with Gasteiger partial charge in [0.05, 0.1) is 17.1 Å². The minimum absolute atomic E-state index is 0.110. The fraction of sp³-hybridized carbons (Fsp3) is 0.182. The zero-order valence-corrected chi connectivity index (χ0v) is 16.0. The van der Waals surface area contributed by atoms with E-state index in [-0.39, 0.29) is 13.0 Å². The van der Waals surface area contributed by atoms with E-state index in [2.05, 4.69) is 5.32 Å². The number of halogens is 1. The molecule has 0 aliphatic rings. The Bertz CT molecular complexity index is 985. The molecule has 27 heavy (non-hydrogen) atoms. The first-order chi connectivity index (χ1) is 12.9. The summed E-state index contributed by atoms with van der Waals surface area (Å²) in [5.41, 5.74) is 3.28. The molecule has 0 saturated carbocycles. The zero-order valence-electron chi connectivity index (χ0n) is 15.2. The Hall–Kier alpha value is -2.85. The molecule has 0 aliphatic carbocycles. The van der Waals surface area contributed by atoms with Gasteiger partial charge < -0.3 is 10.1 Å². The van der Waals surface area contributed by atoms with Crippen molar-refractivity contribution < 1.29 is 14.3 Å². The van der Waals surface area contributed by atoms with Gasteiger partial charge in [-0.15, -0.1) is 0 Å². The predicted molar refractivity (Wildman–Crippen MR) is 108 cm³/mol. The van der Waals surface area contributed by atoms with E-state index in [0.29, 0.717) is 10.7 Å². The Morgan fingerprint density at radius 2 is 1.78 bits per heavy atom. The van der Waals surface area contributed by atoms with Crippen LogP contribution in [-0.2, 0) is 20.7 Å². The number of anilines is 1. The molecule has 1 N–H and O–H groups in total. The maximum Gasteiger partial charge on any atom is 0.310 e. The highest BCUT2D eigenvalue weighted by Gasteiger charge is 2.13. The highest BCUT2D eigenvalue weighted by Crippen LogP contribution is 2.27. The van der Waals surface area contributed by atoms with Crippen molar-refractivity contribution in [2.45, 2.75) is 20.3 Å². The summed E-state index contributed by atoms with van der Waals surface area (Å²) < 4.78 is 5.14. The van der Waals surface area contributed by atoms with Crippen molar-refractivity contribution in [1.29, 1.82) is 0 Å². The van der Waals surface area contributed by atoms with E-state index < -0.39 is 11.9 Å². The lowest BCUT2D eigenvalue weighted by Gasteiger charge is -2.12. The van der Waals surface area contributed by atoms with Crippen molar-refractivity contribution in [1.82, 2.24) is 0 Å². The first kappa shape index (κ1) is 18.9. The van der Waals surface area contributed by atoms with Gasteiger partial charge in [-0.05, 0) is 47.4 Å². The van der Waals surface area contributed by atoms with Crippen molar-refractivity contribution >= 4 is 39.9 Å². The van der Waals surface area contributed by atoms with E-state index in [1.807, 2.05) is 62.4 Å². The molecule has 0 radical (unpaired) electrons. The lowest BCUT2D eigenvalue weighted by Crippen LogP contribution is -2.22. The smallest absolute Gasteiger partial charge is 0.310 e. The van der Waals surface area contributed by atoms with Crippen LogP contribution in [0.1, 0.15) is 16.7 Å². The van der Waals surface area contributed by atoms with Crippen molar-refractivity contribution in [2.75, 3.05) is 11.9 Å². The maximum atomic E-state index is 12.2. The van der Waals surface area contributed by atoms with Crippen LogP contribution in [0.5, 0.6) is 0 Å². The number of esters is 1. The molecule has 3 rings (SSSR count). The van der Waals surface area contributed by atoms with Crippen LogP contribution in [-0.4, -0.2) is 18.5 Å². The van der Waals surface area contributed by atoms with Crippen molar-refractivity contribution in [3.8, 4) is 0 Å². The van der Waals surface area contributed by atoms with Crippen LogP contribution in [0.4, 0.5) is 5.69 Å². The van der Waals surface area contributed by atoms with Crippen LogP contribution >= 0.6 is 11.6 Å². The number of hydrogen-bond donors (Lipinski definition) is 1. The van der Waals surface area contributed by atoms with Crippen LogP contribution in [0.2, 0.25) is 5.02 Å². The van der Waals surface area contributed by atoms with Gasteiger partial charge in [0.1, 0.15) is 0 Å². The summed E-state index contributed by atoms with van der Waals surface area (Å²) in [6.45, 7) is 3.44. The first-order valence-corrected chi connectivity index (χ1v) is 9.00. The molecule has 0 aliphatic heterocycles. The van der Waals surface area contributed by atoms with Gasteiger partial charge in [-0.25, -0.2) is 0 Å². The topological polar surface area (TPSA) is 55.4 Å². The number of aryl methyl sites for hydroxylation is 2. The van der Waals surface area contributed by atoms with E-state index in [9.17, 15) is 9.59 Å². The van der Waals surface area contributed by atoms with Gasteiger partial charge in [-0.1, -0.05) is 60.1 Å². The number of hydrogen-bond acceptors (Lipinski definition) is 3. The normalized spacial score (nSPS) is 10.6. The molecule has 0 bridgehead atoms. The van der Waals surface area contributed by atoms with E-state index in [1.165, 1.54) is 0 Å². The third-order valence-electron chi connectivity index (χ3n) is 4.28. The minimum atomic E-state index is -0.451. The molecule has 4 nitrogen and oxygen atoms in total. The zero-order chi connectivity index (χ0) is 19.4. The van der Waals surface area contributed by atoms with E-state index in [4.69, 9.17) is 16.3 Å². The lowest BCUT2D eigenvalue weighted by atomic mass is 10.0. The van der Waals surface area contributed by atoms with Gasteiger partial charge in [0.2, 0.25) is 0 Å². The highest BCUT2D eigenvalue weighted by atomic mass is 35.5. The molecule has 0 atom stereocenters. The standard InChI is InChI=1S/C22H20ClNO3/c1-14-10-15(2)22(19(23)11-14)24-20(25)13-27-21(26)12-17-8-5-7-16-6-3-4-9-18(16)17/h3-11H,12-13H2,1-2H3,(H,24,25). The Labute approximate surface area is 163 Å². The summed E-state index contributed by atoms with van der Waals surface area (Å²) in [7, 11) is 0. The number of amides is 1. The van der Waals surface area contributed by atoms with Gasteiger partial charge in [-0.3, -0.25) is 9.59 Å². The number of nitrogens with one attached hydrogen (secondary N) is 1. The number of ether oxygens (including phenoxy) is 1.